The number of fused-ring (bicyclic) bond motifs is 1. The first-order valence-electron chi connectivity index (χ1n) is 8.02. The molecule has 0 bridgehead atoms. The maximum atomic E-state index is 14.4. The molecule has 6 heteroatoms. The van der Waals surface area contributed by atoms with Gasteiger partial charge in [-0.3, -0.25) is 9.69 Å². The lowest BCUT2D eigenvalue weighted by atomic mass is 10.0. The van der Waals surface area contributed by atoms with Crippen molar-refractivity contribution in [1.82, 2.24) is 4.90 Å². The zero-order valence-electron chi connectivity index (χ0n) is 13.3. The first-order valence-corrected chi connectivity index (χ1v) is 8.02. The monoisotopic (exact) mass is 342 g/mol. The van der Waals surface area contributed by atoms with Crippen molar-refractivity contribution in [3.05, 3.63) is 59.7 Å². The Labute approximate surface area is 142 Å². The highest BCUT2D eigenvalue weighted by Crippen LogP contribution is 2.31. The van der Waals surface area contributed by atoms with Crippen molar-refractivity contribution in [2.75, 3.05) is 6.54 Å². The Kier molecular flexibility index (Phi) is 3.77. The van der Waals surface area contributed by atoms with Crippen LogP contribution in [-0.4, -0.2) is 23.4 Å². The van der Waals surface area contributed by atoms with E-state index >= 15 is 0 Å². The zero-order valence-corrected chi connectivity index (χ0v) is 13.3. The van der Waals surface area contributed by atoms with Crippen molar-refractivity contribution in [2.24, 2.45) is 5.73 Å². The van der Waals surface area contributed by atoms with Crippen LogP contribution in [0.25, 0.3) is 22.3 Å². The molecule has 0 unspecified atom stereocenters. The van der Waals surface area contributed by atoms with Gasteiger partial charge in [0.25, 0.3) is 0 Å². The van der Waals surface area contributed by atoms with E-state index in [9.17, 15) is 13.6 Å². The fraction of sp³-hybridized carbons (Fsp3) is 0.211. The molecule has 2 heterocycles. The second kappa shape index (κ2) is 5.97. The topological polar surface area (TPSA) is 59.5 Å². The van der Waals surface area contributed by atoms with Crippen molar-refractivity contribution in [1.29, 1.82) is 0 Å². The van der Waals surface area contributed by atoms with Crippen LogP contribution < -0.4 is 5.73 Å². The van der Waals surface area contributed by atoms with E-state index in [0.29, 0.717) is 23.3 Å². The molecular weight excluding hydrogens is 326 g/mol. The first-order chi connectivity index (χ1) is 12.0. The van der Waals surface area contributed by atoms with Crippen LogP contribution in [0.3, 0.4) is 0 Å². The Morgan fingerprint density at radius 3 is 2.76 bits per heavy atom. The molecule has 0 spiro atoms. The molecule has 25 heavy (non-hydrogen) atoms. The number of halogens is 2. The van der Waals surface area contributed by atoms with Crippen LogP contribution in [0.2, 0.25) is 0 Å². The van der Waals surface area contributed by atoms with Gasteiger partial charge in [-0.05, 0) is 42.3 Å². The number of nitrogens with two attached hydrogens (primary N) is 1. The number of rotatable bonds is 4. The van der Waals surface area contributed by atoms with Crippen molar-refractivity contribution < 1.29 is 18.0 Å². The zero-order chi connectivity index (χ0) is 17.6. The quantitative estimate of drug-likeness (QED) is 0.790. The number of hydrogen-bond donors (Lipinski definition) is 1. The Balaban J connectivity index is 1.66. The third kappa shape index (κ3) is 2.89. The van der Waals surface area contributed by atoms with Gasteiger partial charge in [-0.25, -0.2) is 8.78 Å². The van der Waals surface area contributed by atoms with Gasteiger partial charge in [0.05, 0.1) is 6.04 Å². The summed E-state index contributed by atoms with van der Waals surface area (Å²) >= 11 is 0. The number of nitrogens with zero attached hydrogens (tertiary/aromatic N) is 1. The number of amides is 1. The van der Waals surface area contributed by atoms with Gasteiger partial charge in [-0.15, -0.1) is 0 Å². The molecule has 0 saturated carbocycles. The molecule has 2 aromatic carbocycles. The van der Waals surface area contributed by atoms with Gasteiger partial charge < -0.3 is 10.2 Å². The predicted molar refractivity (Wildman–Crippen MR) is 89.6 cm³/mol. The lowest BCUT2D eigenvalue weighted by molar-refractivity contribution is -0.127. The fourth-order valence-electron chi connectivity index (χ4n) is 3.23. The highest BCUT2D eigenvalue weighted by Gasteiger charge is 2.32. The SMILES string of the molecule is NC(=O)[C@@H]1CCN1Cc1cc(F)c2oc(-c3cccc(F)c3)cc2c1. The van der Waals surface area contributed by atoms with Gasteiger partial charge in [0.2, 0.25) is 5.91 Å². The summed E-state index contributed by atoms with van der Waals surface area (Å²) in [6, 6.07) is 10.6. The maximum Gasteiger partial charge on any atom is 0.234 e. The molecule has 1 aliphatic heterocycles. The van der Waals surface area contributed by atoms with Crippen LogP contribution in [0.15, 0.2) is 46.9 Å². The number of primary amides is 1. The van der Waals surface area contributed by atoms with E-state index in [1.54, 1.807) is 18.2 Å². The van der Waals surface area contributed by atoms with E-state index in [1.165, 1.54) is 18.2 Å². The molecule has 1 aliphatic rings. The summed E-state index contributed by atoms with van der Waals surface area (Å²) < 4.78 is 33.4. The number of furan rings is 1. The molecule has 4 rings (SSSR count). The molecule has 1 aromatic heterocycles. The fourth-order valence-corrected chi connectivity index (χ4v) is 3.23. The first kappa shape index (κ1) is 15.8. The van der Waals surface area contributed by atoms with E-state index in [-0.39, 0.29) is 23.3 Å². The van der Waals surface area contributed by atoms with Gasteiger partial charge in [-0.2, -0.15) is 0 Å². The minimum Gasteiger partial charge on any atom is -0.453 e. The molecule has 0 aliphatic carbocycles. The summed E-state index contributed by atoms with van der Waals surface area (Å²) in [6.45, 7) is 1.20. The summed E-state index contributed by atoms with van der Waals surface area (Å²) in [5.41, 5.74) is 6.77. The third-order valence-electron chi connectivity index (χ3n) is 4.58. The number of carbonyl (C=O) groups is 1. The van der Waals surface area contributed by atoms with Crippen LogP contribution in [0, 0.1) is 11.6 Å². The summed E-state index contributed by atoms with van der Waals surface area (Å²) in [6.07, 6.45) is 0.732. The Bertz CT molecular complexity index is 967. The summed E-state index contributed by atoms with van der Waals surface area (Å²) in [5, 5.41) is 0.602. The Morgan fingerprint density at radius 2 is 2.08 bits per heavy atom. The molecule has 4 nitrogen and oxygen atoms in total. The number of carbonyl (C=O) groups excluding carboxylic acids is 1. The van der Waals surface area contributed by atoms with E-state index in [4.69, 9.17) is 10.2 Å². The Morgan fingerprint density at radius 1 is 1.24 bits per heavy atom. The summed E-state index contributed by atoms with van der Waals surface area (Å²) in [5.74, 6) is -0.810. The number of benzene rings is 2. The van der Waals surface area contributed by atoms with E-state index in [2.05, 4.69) is 0 Å². The Hall–Kier alpha value is -2.73. The normalized spacial score (nSPS) is 17.6. The van der Waals surface area contributed by atoms with Gasteiger partial charge in [0, 0.05) is 24.0 Å². The van der Waals surface area contributed by atoms with Gasteiger partial charge in [0.15, 0.2) is 11.4 Å². The van der Waals surface area contributed by atoms with Crippen LogP contribution in [-0.2, 0) is 11.3 Å². The highest BCUT2D eigenvalue weighted by molar-refractivity contribution is 5.84. The smallest absolute Gasteiger partial charge is 0.234 e. The molecule has 1 amide bonds. The second-order valence-corrected chi connectivity index (χ2v) is 6.29. The number of hydrogen-bond acceptors (Lipinski definition) is 3. The molecule has 1 fully saturated rings. The molecule has 0 radical (unpaired) electrons. The summed E-state index contributed by atoms with van der Waals surface area (Å²) in [4.78, 5) is 13.2. The average Bonchev–Trinajstić information content (AvgIpc) is 2.96. The van der Waals surface area contributed by atoms with Gasteiger partial charge >= 0.3 is 0 Å². The van der Waals surface area contributed by atoms with Gasteiger partial charge in [0.1, 0.15) is 11.6 Å². The maximum absolute atomic E-state index is 14.4. The van der Waals surface area contributed by atoms with E-state index < -0.39 is 5.82 Å². The van der Waals surface area contributed by atoms with Crippen molar-refractivity contribution in [2.45, 2.75) is 19.0 Å². The van der Waals surface area contributed by atoms with Gasteiger partial charge in [-0.1, -0.05) is 12.1 Å². The molecule has 2 N–H and O–H groups in total. The van der Waals surface area contributed by atoms with Crippen LogP contribution in [0.1, 0.15) is 12.0 Å². The number of likely N-dealkylation sites (tertiary alicyclic amines) is 1. The van der Waals surface area contributed by atoms with Crippen molar-refractivity contribution in [3.63, 3.8) is 0 Å². The van der Waals surface area contributed by atoms with Crippen LogP contribution in [0.5, 0.6) is 0 Å². The van der Waals surface area contributed by atoms with Crippen LogP contribution >= 0.6 is 0 Å². The minimum absolute atomic E-state index is 0.137. The van der Waals surface area contributed by atoms with Crippen molar-refractivity contribution in [3.8, 4) is 11.3 Å². The predicted octanol–water partition coefficient (Wildman–Crippen LogP) is 3.44. The molecule has 1 atom stereocenters. The lowest BCUT2D eigenvalue weighted by Crippen LogP contribution is -2.54. The molecule has 128 valence electrons. The van der Waals surface area contributed by atoms with E-state index in [0.717, 1.165) is 18.5 Å². The molecule has 3 aromatic rings. The van der Waals surface area contributed by atoms with Crippen molar-refractivity contribution >= 4 is 16.9 Å². The molecule has 1 saturated heterocycles. The molecular formula is C19H16F2N2O2. The minimum atomic E-state index is -0.480. The average molecular weight is 342 g/mol. The second-order valence-electron chi connectivity index (χ2n) is 6.29. The standard InChI is InChI=1S/C19H16F2N2O2/c20-14-3-1-2-12(8-14)17-9-13-6-11(7-15(21)18(13)25-17)10-23-5-4-16(23)19(22)24/h1-3,6-9,16H,4-5,10H2,(H2,22,24)/t16-/m0/s1. The van der Waals surface area contributed by atoms with Crippen LogP contribution in [0.4, 0.5) is 8.78 Å². The third-order valence-corrected chi connectivity index (χ3v) is 4.58. The lowest BCUT2D eigenvalue weighted by Gasteiger charge is -2.38. The largest absolute Gasteiger partial charge is 0.453 e. The summed E-state index contributed by atoms with van der Waals surface area (Å²) in [7, 11) is 0. The highest BCUT2D eigenvalue weighted by atomic mass is 19.1. The van der Waals surface area contributed by atoms with E-state index in [1.807, 2.05) is 11.0 Å².